The van der Waals surface area contributed by atoms with E-state index in [1.807, 2.05) is 13.0 Å². The van der Waals surface area contributed by atoms with Crippen LogP contribution in [-0.4, -0.2) is 4.92 Å². The fourth-order valence-corrected chi connectivity index (χ4v) is 1.74. The molecule has 0 aliphatic heterocycles. The summed E-state index contributed by atoms with van der Waals surface area (Å²) in [6, 6.07) is 8.00. The predicted molar refractivity (Wildman–Crippen MR) is 71.7 cm³/mol. The van der Waals surface area contributed by atoms with Crippen LogP contribution >= 0.6 is 0 Å². The Morgan fingerprint density at radius 1 is 1.37 bits per heavy atom. The van der Waals surface area contributed by atoms with E-state index >= 15 is 0 Å². The zero-order chi connectivity index (χ0) is 13.8. The number of nitrogens with zero attached hydrogens (tertiary/aromatic N) is 1. The van der Waals surface area contributed by atoms with Gasteiger partial charge in [0, 0.05) is 17.8 Å². The summed E-state index contributed by atoms with van der Waals surface area (Å²) in [4.78, 5) is 10.4. The van der Waals surface area contributed by atoms with Crippen molar-refractivity contribution in [2.24, 2.45) is 5.84 Å². The summed E-state index contributed by atoms with van der Waals surface area (Å²) < 4.78 is 5.27. The van der Waals surface area contributed by atoms with Gasteiger partial charge < -0.3 is 15.2 Å². The highest BCUT2D eigenvalue weighted by Gasteiger charge is 2.13. The molecule has 1 aromatic carbocycles. The van der Waals surface area contributed by atoms with Gasteiger partial charge in [-0.1, -0.05) is 0 Å². The van der Waals surface area contributed by atoms with Gasteiger partial charge in [0.1, 0.15) is 5.76 Å². The molecule has 0 fully saturated rings. The lowest BCUT2D eigenvalue weighted by Gasteiger charge is -2.13. The maximum absolute atomic E-state index is 10.8. The van der Waals surface area contributed by atoms with Gasteiger partial charge in [-0.3, -0.25) is 16.0 Å². The van der Waals surface area contributed by atoms with Gasteiger partial charge in [0.25, 0.3) is 5.69 Å². The van der Waals surface area contributed by atoms with Crippen molar-refractivity contribution in [3.05, 3.63) is 52.5 Å². The molecule has 1 unspecified atom stereocenters. The molecule has 4 N–H and O–H groups in total. The number of hydrogen-bond acceptors (Lipinski definition) is 6. The normalized spacial score (nSPS) is 11.9. The molecule has 0 saturated carbocycles. The molecule has 0 radical (unpaired) electrons. The molecule has 0 bridgehead atoms. The van der Waals surface area contributed by atoms with Crippen molar-refractivity contribution in [3.63, 3.8) is 0 Å². The lowest BCUT2D eigenvalue weighted by Crippen LogP contribution is -2.09. The van der Waals surface area contributed by atoms with E-state index in [0.717, 1.165) is 5.76 Å². The zero-order valence-electron chi connectivity index (χ0n) is 10.3. The van der Waals surface area contributed by atoms with Crippen LogP contribution in [0.4, 0.5) is 17.1 Å². The predicted octanol–water partition coefficient (Wildman–Crippen LogP) is 2.65. The van der Waals surface area contributed by atoms with Crippen LogP contribution in [0.25, 0.3) is 0 Å². The van der Waals surface area contributed by atoms with E-state index in [4.69, 9.17) is 10.3 Å². The first kappa shape index (κ1) is 12.9. The van der Waals surface area contributed by atoms with Crippen LogP contribution in [-0.2, 0) is 0 Å². The second-order valence-electron chi connectivity index (χ2n) is 4.05. The Morgan fingerprint density at radius 3 is 2.68 bits per heavy atom. The second kappa shape index (κ2) is 5.40. The molecule has 0 spiro atoms. The molecule has 0 amide bonds. The number of nitro groups is 1. The highest BCUT2D eigenvalue weighted by molar-refractivity contribution is 5.63. The number of nitrogens with two attached hydrogens (primary N) is 1. The van der Waals surface area contributed by atoms with E-state index in [-0.39, 0.29) is 11.7 Å². The van der Waals surface area contributed by atoms with E-state index in [2.05, 4.69) is 10.7 Å². The molecule has 0 aliphatic carbocycles. The Morgan fingerprint density at radius 2 is 2.11 bits per heavy atom. The first-order chi connectivity index (χ1) is 9.10. The van der Waals surface area contributed by atoms with E-state index in [0.29, 0.717) is 11.4 Å². The highest BCUT2D eigenvalue weighted by Crippen LogP contribution is 2.27. The molecular weight excluding hydrogens is 248 g/mol. The lowest BCUT2D eigenvalue weighted by atomic mass is 10.2. The average Bonchev–Trinajstić information content (AvgIpc) is 2.92. The Labute approximate surface area is 109 Å². The number of hydrazine groups is 1. The smallest absolute Gasteiger partial charge is 0.273 e. The van der Waals surface area contributed by atoms with Crippen molar-refractivity contribution in [3.8, 4) is 0 Å². The molecule has 1 aromatic heterocycles. The molecule has 1 heterocycles. The van der Waals surface area contributed by atoms with Gasteiger partial charge in [0.2, 0.25) is 0 Å². The van der Waals surface area contributed by atoms with E-state index in [1.54, 1.807) is 18.4 Å². The fourth-order valence-electron chi connectivity index (χ4n) is 1.74. The van der Waals surface area contributed by atoms with Crippen molar-refractivity contribution in [2.75, 3.05) is 10.7 Å². The summed E-state index contributed by atoms with van der Waals surface area (Å²) in [7, 11) is 0. The Hall–Kier alpha value is -2.54. The number of hydrogen-bond donors (Lipinski definition) is 3. The van der Waals surface area contributed by atoms with Crippen molar-refractivity contribution < 1.29 is 9.34 Å². The molecule has 2 aromatic rings. The maximum Gasteiger partial charge on any atom is 0.273 e. The number of nitrogen functional groups attached to an aromatic ring is 1. The third-order valence-electron chi connectivity index (χ3n) is 2.65. The van der Waals surface area contributed by atoms with Gasteiger partial charge in [0.05, 0.1) is 22.9 Å². The first-order valence-electron chi connectivity index (χ1n) is 5.66. The lowest BCUT2D eigenvalue weighted by molar-refractivity contribution is -0.384. The molecule has 100 valence electrons. The van der Waals surface area contributed by atoms with Crippen molar-refractivity contribution in [2.45, 2.75) is 13.0 Å². The quantitative estimate of drug-likeness (QED) is 0.434. The molecule has 1 atom stereocenters. The Bertz CT molecular complexity index is 568. The van der Waals surface area contributed by atoms with Gasteiger partial charge in [0.15, 0.2) is 0 Å². The number of nitro benzene ring substituents is 1. The Kier molecular flexibility index (Phi) is 3.67. The monoisotopic (exact) mass is 262 g/mol. The highest BCUT2D eigenvalue weighted by atomic mass is 16.6. The van der Waals surface area contributed by atoms with Crippen LogP contribution in [0, 0.1) is 10.1 Å². The number of anilines is 2. The molecule has 2 rings (SSSR count). The van der Waals surface area contributed by atoms with Gasteiger partial charge >= 0.3 is 0 Å². The van der Waals surface area contributed by atoms with Crippen molar-refractivity contribution in [1.82, 2.24) is 0 Å². The molecule has 7 nitrogen and oxygen atoms in total. The summed E-state index contributed by atoms with van der Waals surface area (Å²) in [5.74, 6) is 6.04. The molecule has 0 aliphatic rings. The van der Waals surface area contributed by atoms with Gasteiger partial charge in [-0.25, -0.2) is 0 Å². The van der Waals surface area contributed by atoms with Crippen molar-refractivity contribution in [1.29, 1.82) is 0 Å². The van der Waals surface area contributed by atoms with Crippen LogP contribution in [0.5, 0.6) is 0 Å². The number of rotatable bonds is 5. The molecule has 19 heavy (non-hydrogen) atoms. The standard InChI is InChI=1S/C12H14N4O3/c1-8(12-3-2-4-19-12)14-9-5-10(15-13)7-11(6-9)16(17)18/h2-8,14-15H,13H2,1H3. The van der Waals surface area contributed by atoms with E-state index in [1.165, 1.54) is 12.1 Å². The number of non-ortho nitro benzene ring substituents is 1. The SMILES string of the molecule is CC(Nc1cc(NN)cc([N+](=O)[O-])c1)c1ccco1. The molecule has 7 heteroatoms. The third kappa shape index (κ3) is 3.02. The summed E-state index contributed by atoms with van der Waals surface area (Å²) in [5.41, 5.74) is 3.42. The van der Waals surface area contributed by atoms with Crippen LogP contribution in [0.3, 0.4) is 0 Å². The minimum Gasteiger partial charge on any atom is -0.467 e. The van der Waals surface area contributed by atoms with Crippen LogP contribution in [0.2, 0.25) is 0 Å². The summed E-state index contributed by atoms with van der Waals surface area (Å²) >= 11 is 0. The molecule has 0 saturated heterocycles. The summed E-state index contributed by atoms with van der Waals surface area (Å²) in [6.45, 7) is 1.90. The first-order valence-corrected chi connectivity index (χ1v) is 5.66. The van der Waals surface area contributed by atoms with Crippen LogP contribution in [0.1, 0.15) is 18.7 Å². The Balaban J connectivity index is 2.24. The van der Waals surface area contributed by atoms with Crippen LogP contribution < -0.4 is 16.6 Å². The second-order valence-corrected chi connectivity index (χ2v) is 4.05. The zero-order valence-corrected chi connectivity index (χ0v) is 10.3. The van der Waals surface area contributed by atoms with Crippen molar-refractivity contribution >= 4 is 17.1 Å². The number of nitrogens with one attached hydrogen (secondary N) is 2. The summed E-state index contributed by atoms with van der Waals surface area (Å²) in [6.07, 6.45) is 1.58. The third-order valence-corrected chi connectivity index (χ3v) is 2.65. The van der Waals surface area contributed by atoms with E-state index in [9.17, 15) is 10.1 Å². The topological polar surface area (TPSA) is 106 Å². The fraction of sp³-hybridized carbons (Fsp3) is 0.167. The van der Waals surface area contributed by atoms with Gasteiger partial charge in [-0.15, -0.1) is 0 Å². The largest absolute Gasteiger partial charge is 0.467 e. The van der Waals surface area contributed by atoms with Gasteiger partial charge in [-0.2, -0.15) is 0 Å². The number of benzene rings is 1. The number of furan rings is 1. The van der Waals surface area contributed by atoms with E-state index < -0.39 is 4.92 Å². The minimum absolute atomic E-state index is 0.0374. The molecular formula is C12H14N4O3. The minimum atomic E-state index is -0.469. The van der Waals surface area contributed by atoms with Gasteiger partial charge in [-0.05, 0) is 25.1 Å². The maximum atomic E-state index is 10.8. The summed E-state index contributed by atoms with van der Waals surface area (Å²) in [5, 5.41) is 13.9. The van der Waals surface area contributed by atoms with Crippen LogP contribution in [0.15, 0.2) is 41.0 Å². The average molecular weight is 262 g/mol.